The second kappa shape index (κ2) is 5.83. The number of carbonyl (C=O) groups excluding carboxylic acids is 1. The molecule has 1 amide bonds. The first-order valence-corrected chi connectivity index (χ1v) is 8.82. The van der Waals surface area contributed by atoms with Gasteiger partial charge in [-0.2, -0.15) is 0 Å². The van der Waals surface area contributed by atoms with Gasteiger partial charge in [-0.15, -0.1) is 0 Å². The summed E-state index contributed by atoms with van der Waals surface area (Å²) < 4.78 is 23.2. The zero-order valence-corrected chi connectivity index (χ0v) is 13.5. The van der Waals surface area contributed by atoms with Crippen LogP contribution >= 0.6 is 15.9 Å². The van der Waals surface area contributed by atoms with Crippen molar-refractivity contribution < 1.29 is 13.2 Å². The van der Waals surface area contributed by atoms with Crippen LogP contribution in [-0.4, -0.2) is 31.5 Å². The minimum atomic E-state index is -3.54. The van der Waals surface area contributed by atoms with Crippen LogP contribution in [0, 0.1) is 5.92 Å². The van der Waals surface area contributed by atoms with Crippen molar-refractivity contribution >= 4 is 31.9 Å². The molecular formula is C13H17BrN2O3S. The largest absolute Gasteiger partial charge is 0.336 e. The van der Waals surface area contributed by atoms with Crippen LogP contribution in [0.5, 0.6) is 0 Å². The average Bonchev–Trinajstić information content (AvgIpc) is 2.67. The molecule has 0 radical (unpaired) electrons. The summed E-state index contributed by atoms with van der Waals surface area (Å²) in [5.74, 6) is -0.369. The highest BCUT2D eigenvalue weighted by Gasteiger charge is 2.34. The zero-order chi connectivity index (χ0) is 14.9. The Bertz CT molecular complexity index is 601. The summed E-state index contributed by atoms with van der Waals surface area (Å²) in [7, 11) is -3.54. The number of rotatable bonds is 4. The Morgan fingerprint density at radius 3 is 2.55 bits per heavy atom. The molecule has 0 spiro atoms. The highest BCUT2D eigenvalue weighted by atomic mass is 79.9. The van der Waals surface area contributed by atoms with E-state index in [0.717, 1.165) is 10.0 Å². The van der Waals surface area contributed by atoms with Gasteiger partial charge in [0.1, 0.15) is 0 Å². The lowest BCUT2D eigenvalue weighted by Crippen LogP contribution is -2.30. The normalized spacial score (nSPS) is 21.2. The maximum absolute atomic E-state index is 12.0. The number of likely N-dealkylation sites (tertiary alicyclic amines) is 1. The third kappa shape index (κ3) is 3.80. The van der Waals surface area contributed by atoms with Gasteiger partial charge in [0.05, 0.1) is 11.8 Å². The Morgan fingerprint density at radius 1 is 1.40 bits per heavy atom. The number of halogens is 1. The van der Waals surface area contributed by atoms with E-state index in [2.05, 4.69) is 15.9 Å². The van der Waals surface area contributed by atoms with Crippen molar-refractivity contribution in [2.24, 2.45) is 11.1 Å². The van der Waals surface area contributed by atoms with Crippen LogP contribution in [0.4, 0.5) is 0 Å². The van der Waals surface area contributed by atoms with Gasteiger partial charge < -0.3 is 4.90 Å². The summed E-state index contributed by atoms with van der Waals surface area (Å²) in [6, 6.07) is 7.69. The van der Waals surface area contributed by atoms with Crippen LogP contribution in [0.25, 0.3) is 0 Å². The Morgan fingerprint density at radius 2 is 2.00 bits per heavy atom. The Labute approximate surface area is 127 Å². The molecule has 1 aromatic carbocycles. The number of hydrogen-bond acceptors (Lipinski definition) is 3. The number of primary sulfonamides is 1. The number of nitrogens with zero attached hydrogens (tertiary/aromatic N) is 1. The highest BCUT2D eigenvalue weighted by molar-refractivity contribution is 9.10. The molecule has 2 N–H and O–H groups in total. The van der Waals surface area contributed by atoms with Crippen LogP contribution in [-0.2, 0) is 14.8 Å². The van der Waals surface area contributed by atoms with Crippen molar-refractivity contribution in [2.75, 3.05) is 12.3 Å². The van der Waals surface area contributed by atoms with Crippen molar-refractivity contribution in [3.8, 4) is 0 Å². The van der Waals surface area contributed by atoms with E-state index in [-0.39, 0.29) is 30.0 Å². The molecule has 7 heteroatoms. The van der Waals surface area contributed by atoms with Gasteiger partial charge in [-0.05, 0) is 24.6 Å². The second-order valence-corrected chi connectivity index (χ2v) is 7.75. The molecule has 2 rings (SSSR count). The molecule has 110 valence electrons. The van der Waals surface area contributed by atoms with Gasteiger partial charge in [0.15, 0.2) is 0 Å². The summed E-state index contributed by atoms with van der Waals surface area (Å²) in [5.41, 5.74) is 1.03. The lowest BCUT2D eigenvalue weighted by molar-refractivity contribution is -0.129. The predicted octanol–water partition coefficient (Wildman–Crippen LogP) is 1.65. The van der Waals surface area contributed by atoms with Crippen molar-refractivity contribution in [3.63, 3.8) is 0 Å². The van der Waals surface area contributed by atoms with E-state index in [1.54, 1.807) is 4.90 Å². The molecule has 20 heavy (non-hydrogen) atoms. The van der Waals surface area contributed by atoms with Crippen LogP contribution in [0.2, 0.25) is 0 Å². The van der Waals surface area contributed by atoms with Crippen molar-refractivity contribution in [1.29, 1.82) is 0 Å². The third-order valence-electron chi connectivity index (χ3n) is 3.53. The van der Waals surface area contributed by atoms with Crippen LogP contribution < -0.4 is 5.14 Å². The molecule has 1 saturated heterocycles. The fourth-order valence-electron chi connectivity index (χ4n) is 2.54. The maximum Gasteiger partial charge on any atom is 0.223 e. The van der Waals surface area contributed by atoms with Crippen molar-refractivity contribution in [1.82, 2.24) is 4.90 Å². The summed E-state index contributed by atoms with van der Waals surface area (Å²) >= 11 is 3.37. The quantitative estimate of drug-likeness (QED) is 0.886. The molecule has 1 aliphatic rings. The Kier molecular flexibility index (Phi) is 4.51. The van der Waals surface area contributed by atoms with Gasteiger partial charge in [0.2, 0.25) is 15.9 Å². The first kappa shape index (κ1) is 15.5. The number of carbonyl (C=O) groups is 1. The van der Waals surface area contributed by atoms with E-state index in [1.165, 1.54) is 0 Å². The van der Waals surface area contributed by atoms with E-state index >= 15 is 0 Å². The Balaban J connectivity index is 2.09. The second-order valence-electron chi connectivity index (χ2n) is 5.17. The first-order valence-electron chi connectivity index (χ1n) is 6.31. The fourth-order valence-corrected chi connectivity index (χ4v) is 3.69. The minimum Gasteiger partial charge on any atom is -0.336 e. The molecule has 1 aromatic rings. The lowest BCUT2D eigenvalue weighted by atomic mass is 10.1. The molecule has 2 unspecified atom stereocenters. The predicted molar refractivity (Wildman–Crippen MR) is 80.4 cm³/mol. The van der Waals surface area contributed by atoms with E-state index < -0.39 is 10.0 Å². The molecule has 0 aliphatic carbocycles. The van der Waals surface area contributed by atoms with Gasteiger partial charge in [0, 0.05) is 23.4 Å². The molecule has 1 fully saturated rings. The molecular weight excluding hydrogens is 344 g/mol. The van der Waals surface area contributed by atoms with Crippen molar-refractivity contribution in [2.45, 2.75) is 19.4 Å². The van der Waals surface area contributed by atoms with E-state index in [9.17, 15) is 13.2 Å². The zero-order valence-electron chi connectivity index (χ0n) is 11.1. The topological polar surface area (TPSA) is 80.5 Å². The summed E-state index contributed by atoms with van der Waals surface area (Å²) in [5, 5.41) is 5.05. The van der Waals surface area contributed by atoms with Crippen molar-refractivity contribution in [3.05, 3.63) is 34.3 Å². The average molecular weight is 361 g/mol. The van der Waals surface area contributed by atoms with Gasteiger partial charge in [-0.1, -0.05) is 28.1 Å². The number of nitrogens with two attached hydrogens (primary N) is 1. The monoisotopic (exact) mass is 360 g/mol. The third-order valence-corrected chi connectivity index (χ3v) is 4.99. The van der Waals surface area contributed by atoms with Gasteiger partial charge in [0.25, 0.3) is 0 Å². The molecule has 0 bridgehead atoms. The SMILES string of the molecule is CC(c1ccc(Br)cc1)N1CC(CS(N)(=O)=O)CC1=O. The summed E-state index contributed by atoms with van der Waals surface area (Å²) in [6.07, 6.45) is 0.247. The maximum atomic E-state index is 12.0. The highest BCUT2D eigenvalue weighted by Crippen LogP contribution is 2.29. The number of hydrogen-bond donors (Lipinski definition) is 1. The fraction of sp³-hybridized carbons (Fsp3) is 0.462. The van der Waals surface area contributed by atoms with Gasteiger partial charge in [-0.25, -0.2) is 13.6 Å². The number of amides is 1. The van der Waals surface area contributed by atoms with Crippen LogP contribution in [0.3, 0.4) is 0 Å². The molecule has 0 aromatic heterocycles. The smallest absolute Gasteiger partial charge is 0.223 e. The standard InChI is InChI=1S/C13H17BrN2O3S/c1-9(11-2-4-12(14)5-3-11)16-7-10(6-13(16)17)8-20(15,18)19/h2-5,9-10H,6-8H2,1H3,(H2,15,18,19). The molecule has 1 heterocycles. The van der Waals surface area contributed by atoms with Gasteiger partial charge in [-0.3, -0.25) is 4.79 Å². The molecule has 1 aliphatic heterocycles. The van der Waals surface area contributed by atoms with Gasteiger partial charge >= 0.3 is 0 Å². The number of benzene rings is 1. The van der Waals surface area contributed by atoms with Crippen LogP contribution in [0.15, 0.2) is 28.7 Å². The lowest BCUT2D eigenvalue weighted by Gasteiger charge is -2.25. The van der Waals surface area contributed by atoms with Crippen LogP contribution in [0.1, 0.15) is 24.9 Å². The molecule has 0 saturated carbocycles. The molecule has 2 atom stereocenters. The Hall–Kier alpha value is -0.920. The molecule has 5 nitrogen and oxygen atoms in total. The van der Waals surface area contributed by atoms with E-state index in [1.807, 2.05) is 31.2 Å². The summed E-state index contributed by atoms with van der Waals surface area (Å²) in [4.78, 5) is 13.8. The number of sulfonamides is 1. The van der Waals surface area contributed by atoms with E-state index in [4.69, 9.17) is 5.14 Å². The summed E-state index contributed by atoms with van der Waals surface area (Å²) in [6.45, 7) is 2.38. The first-order chi connectivity index (χ1) is 9.26. The minimum absolute atomic E-state index is 0.0194. The van der Waals surface area contributed by atoms with E-state index in [0.29, 0.717) is 6.54 Å².